The van der Waals surface area contributed by atoms with Crippen molar-refractivity contribution in [3.8, 4) is 22.3 Å². The Balaban J connectivity index is 1.25. The molecule has 0 spiro atoms. The van der Waals surface area contributed by atoms with Crippen molar-refractivity contribution in [1.29, 1.82) is 0 Å². The van der Waals surface area contributed by atoms with Crippen LogP contribution in [0.1, 0.15) is 18.4 Å². The van der Waals surface area contributed by atoms with Gasteiger partial charge in [0, 0.05) is 17.1 Å². The highest BCUT2D eigenvalue weighted by atomic mass is 16.3. The van der Waals surface area contributed by atoms with Gasteiger partial charge < -0.3 is 9.32 Å². The van der Waals surface area contributed by atoms with Gasteiger partial charge in [-0.05, 0) is 89.3 Å². The lowest BCUT2D eigenvalue weighted by Crippen LogP contribution is -2.09. The minimum atomic E-state index is -0.107. The van der Waals surface area contributed by atoms with Crippen molar-refractivity contribution < 1.29 is 9.21 Å². The summed E-state index contributed by atoms with van der Waals surface area (Å²) in [5.41, 5.74) is 10.5. The number of para-hydroxylation sites is 2. The predicted molar refractivity (Wildman–Crippen MR) is 185 cm³/mol. The van der Waals surface area contributed by atoms with Gasteiger partial charge in [-0.3, -0.25) is 4.79 Å². The molecule has 1 aromatic heterocycles. The molecule has 4 heteroatoms. The average Bonchev–Trinajstić information content (AvgIpc) is 3.53. The van der Waals surface area contributed by atoms with E-state index in [1.165, 1.54) is 18.1 Å². The molecule has 0 saturated carbocycles. The first-order valence-electron chi connectivity index (χ1n) is 14.9. The van der Waals surface area contributed by atoms with E-state index >= 15 is 0 Å². The Morgan fingerprint density at radius 1 is 0.556 bits per heavy atom. The fourth-order valence-electron chi connectivity index (χ4n) is 5.50. The third-order valence-corrected chi connectivity index (χ3v) is 7.83. The van der Waals surface area contributed by atoms with Crippen molar-refractivity contribution in [2.24, 2.45) is 0 Å². The summed E-state index contributed by atoms with van der Waals surface area (Å²) in [6, 6.07) is 53.8. The van der Waals surface area contributed by atoms with Crippen LogP contribution in [0, 0.1) is 0 Å². The molecule has 7 aromatic rings. The number of carbonyl (C=O) groups excluding carboxylic acids is 1. The lowest BCUT2D eigenvalue weighted by atomic mass is 10.0. The van der Waals surface area contributed by atoms with Crippen LogP contribution in [0.3, 0.4) is 0 Å². The summed E-state index contributed by atoms with van der Waals surface area (Å²) in [4.78, 5) is 19.4. The largest absolute Gasteiger partial charge is 0.436 e. The number of carbonyl (C=O) groups is 1. The number of nitrogens with zero attached hydrogens (tertiary/aromatic N) is 2. The minimum Gasteiger partial charge on any atom is -0.436 e. The van der Waals surface area contributed by atoms with Crippen LogP contribution in [-0.4, -0.2) is 10.8 Å². The molecule has 7 rings (SSSR count). The van der Waals surface area contributed by atoms with Crippen molar-refractivity contribution in [1.82, 2.24) is 4.98 Å². The summed E-state index contributed by atoms with van der Waals surface area (Å²) in [6.07, 6.45) is 1.84. The molecule has 0 unspecified atom stereocenters. The molecule has 1 heterocycles. The predicted octanol–water partition coefficient (Wildman–Crippen LogP) is 10.8. The van der Waals surface area contributed by atoms with E-state index in [-0.39, 0.29) is 5.78 Å². The van der Waals surface area contributed by atoms with Gasteiger partial charge >= 0.3 is 0 Å². The first kappa shape index (κ1) is 27.8. The van der Waals surface area contributed by atoms with E-state index in [9.17, 15) is 4.79 Å². The van der Waals surface area contributed by atoms with Gasteiger partial charge in [0.1, 0.15) is 5.52 Å². The molecule has 0 atom stereocenters. The second-order valence-electron chi connectivity index (χ2n) is 10.9. The molecule has 0 N–H and O–H groups in total. The highest BCUT2D eigenvalue weighted by Gasteiger charge is 2.16. The average molecular weight is 583 g/mol. The Labute approximate surface area is 262 Å². The highest BCUT2D eigenvalue weighted by molar-refractivity contribution is 6.23. The molecule has 6 aromatic carbocycles. The zero-order valence-corrected chi connectivity index (χ0v) is 24.8. The summed E-state index contributed by atoms with van der Waals surface area (Å²) in [6.45, 7) is 1.54. The van der Waals surface area contributed by atoms with Crippen LogP contribution in [0.2, 0.25) is 0 Å². The normalized spacial score (nSPS) is 11.4. The molecule has 0 radical (unpaired) electrons. The van der Waals surface area contributed by atoms with Crippen LogP contribution in [0.4, 0.5) is 17.1 Å². The summed E-state index contributed by atoms with van der Waals surface area (Å²) in [5, 5.41) is 0. The standard InChI is InChI=1S/C41H30N2O2/c1-29(44)38(41-42-39-14-8-9-15-40(39)45-41)28-30-16-22-35(23-17-30)43(36-24-18-33(19-25-36)31-10-4-2-5-11-31)37-26-20-34(21-27-37)32-12-6-3-7-13-32/h2-28H,1H3. The van der Waals surface area contributed by atoms with Crippen molar-refractivity contribution >= 4 is 45.6 Å². The fraction of sp³-hybridized carbons (Fsp3) is 0.0244. The quantitative estimate of drug-likeness (QED) is 0.167. The maximum Gasteiger partial charge on any atom is 0.230 e. The van der Waals surface area contributed by atoms with Crippen molar-refractivity contribution in [3.05, 3.63) is 169 Å². The molecule has 0 aliphatic heterocycles. The number of aromatic nitrogens is 1. The van der Waals surface area contributed by atoms with Crippen LogP contribution in [0.5, 0.6) is 0 Å². The van der Waals surface area contributed by atoms with E-state index in [0.717, 1.165) is 39.3 Å². The number of hydrogen-bond acceptors (Lipinski definition) is 4. The number of fused-ring (bicyclic) bond motifs is 1. The fourth-order valence-corrected chi connectivity index (χ4v) is 5.50. The van der Waals surface area contributed by atoms with Crippen molar-refractivity contribution in [2.75, 3.05) is 4.90 Å². The summed E-state index contributed by atoms with van der Waals surface area (Å²) < 4.78 is 5.92. The van der Waals surface area contributed by atoms with Gasteiger partial charge in [-0.15, -0.1) is 0 Å². The van der Waals surface area contributed by atoms with E-state index in [4.69, 9.17) is 4.42 Å². The Bertz CT molecular complexity index is 1980. The number of rotatable bonds is 8. The van der Waals surface area contributed by atoms with Crippen molar-refractivity contribution in [3.63, 3.8) is 0 Å². The van der Waals surface area contributed by atoms with E-state index in [2.05, 4.69) is 119 Å². The Morgan fingerprint density at radius 3 is 1.49 bits per heavy atom. The summed E-state index contributed by atoms with van der Waals surface area (Å²) >= 11 is 0. The molecule has 216 valence electrons. The van der Waals surface area contributed by atoms with Crippen LogP contribution < -0.4 is 4.90 Å². The second kappa shape index (κ2) is 12.3. The van der Waals surface area contributed by atoms with Crippen LogP contribution in [0.15, 0.2) is 162 Å². The van der Waals surface area contributed by atoms with Gasteiger partial charge in [0.15, 0.2) is 11.4 Å². The van der Waals surface area contributed by atoms with Gasteiger partial charge in [-0.2, -0.15) is 0 Å². The molecule has 0 saturated heterocycles. The third-order valence-electron chi connectivity index (χ3n) is 7.83. The maximum absolute atomic E-state index is 12.7. The number of benzene rings is 6. The third kappa shape index (κ3) is 5.95. The number of Topliss-reactive ketones (excluding diaryl/α,β-unsaturated/α-hetero) is 1. The lowest BCUT2D eigenvalue weighted by molar-refractivity contribution is -0.111. The minimum absolute atomic E-state index is 0.107. The lowest BCUT2D eigenvalue weighted by Gasteiger charge is -2.26. The van der Waals surface area contributed by atoms with Crippen LogP contribution in [0.25, 0.3) is 45.0 Å². The van der Waals surface area contributed by atoms with Crippen LogP contribution in [-0.2, 0) is 4.79 Å². The first-order chi connectivity index (χ1) is 22.1. The van der Waals surface area contributed by atoms with Crippen LogP contribution >= 0.6 is 0 Å². The molecule has 0 amide bonds. The maximum atomic E-state index is 12.7. The van der Waals surface area contributed by atoms with Gasteiger partial charge in [0.25, 0.3) is 0 Å². The number of oxazole rings is 1. The van der Waals surface area contributed by atoms with E-state index in [1.807, 2.05) is 54.6 Å². The molecule has 0 bridgehead atoms. The Hall–Kier alpha value is -6.00. The topological polar surface area (TPSA) is 46.3 Å². The smallest absolute Gasteiger partial charge is 0.230 e. The zero-order chi connectivity index (χ0) is 30.6. The van der Waals surface area contributed by atoms with E-state index < -0.39 is 0 Å². The molecule has 45 heavy (non-hydrogen) atoms. The number of ketones is 1. The summed E-state index contributed by atoms with van der Waals surface area (Å²) in [7, 11) is 0. The number of allylic oxidation sites excluding steroid dienone is 1. The molecular weight excluding hydrogens is 552 g/mol. The monoisotopic (exact) mass is 582 g/mol. The highest BCUT2D eigenvalue weighted by Crippen LogP contribution is 2.37. The number of hydrogen-bond donors (Lipinski definition) is 0. The molecule has 0 aliphatic carbocycles. The van der Waals surface area contributed by atoms with E-state index in [1.54, 1.807) is 0 Å². The van der Waals surface area contributed by atoms with Crippen molar-refractivity contribution in [2.45, 2.75) is 6.92 Å². The Morgan fingerprint density at radius 2 is 1.00 bits per heavy atom. The zero-order valence-electron chi connectivity index (χ0n) is 24.8. The molecular formula is C41H30N2O2. The second-order valence-corrected chi connectivity index (χ2v) is 10.9. The van der Waals surface area contributed by atoms with Gasteiger partial charge in [0.05, 0.1) is 5.57 Å². The van der Waals surface area contributed by atoms with E-state index in [0.29, 0.717) is 17.0 Å². The van der Waals surface area contributed by atoms with Gasteiger partial charge in [0.2, 0.25) is 5.89 Å². The summed E-state index contributed by atoms with van der Waals surface area (Å²) in [5.74, 6) is 0.218. The van der Waals surface area contributed by atoms with Gasteiger partial charge in [-0.25, -0.2) is 4.98 Å². The SMILES string of the molecule is CC(=O)C(=Cc1ccc(N(c2ccc(-c3ccccc3)cc2)c2ccc(-c3ccccc3)cc2)cc1)c1nc2ccccc2o1. The van der Waals surface area contributed by atoms with Gasteiger partial charge in [-0.1, -0.05) is 109 Å². The first-order valence-corrected chi connectivity index (χ1v) is 14.9. The Kier molecular flexibility index (Phi) is 7.61. The molecule has 0 fully saturated rings. The molecule has 4 nitrogen and oxygen atoms in total. The number of anilines is 3. The molecule has 0 aliphatic rings.